The second kappa shape index (κ2) is 14.9. The predicted octanol–water partition coefficient (Wildman–Crippen LogP) is 8.10. The summed E-state index contributed by atoms with van der Waals surface area (Å²) in [6.45, 7) is 1.95. The number of benzene rings is 4. The second-order valence-corrected chi connectivity index (χ2v) is 14.0. The molecule has 0 atom stereocenters. The molecule has 0 aliphatic rings. The van der Waals surface area contributed by atoms with Gasteiger partial charge in [0.2, 0.25) is 0 Å². The van der Waals surface area contributed by atoms with Crippen LogP contribution < -0.4 is 15.2 Å². The Bertz CT molecular complexity index is 1660. The van der Waals surface area contributed by atoms with E-state index in [9.17, 15) is 30.0 Å². The zero-order chi connectivity index (χ0) is 30.8. The van der Waals surface area contributed by atoms with Gasteiger partial charge in [-0.1, -0.05) is 61.7 Å². The normalized spacial score (nSPS) is 11.3. The maximum atomic E-state index is 12.1. The number of anilines is 2. The van der Waals surface area contributed by atoms with Crippen LogP contribution in [0.25, 0.3) is 0 Å². The van der Waals surface area contributed by atoms with Crippen LogP contribution in [0.5, 0.6) is 5.75 Å². The van der Waals surface area contributed by atoms with Crippen molar-refractivity contribution in [3.63, 3.8) is 0 Å². The zero-order valence-electron chi connectivity index (χ0n) is 20.9. The number of alkyl halides is 3. The Morgan fingerprint density at radius 1 is 0.780 bits per heavy atom. The van der Waals surface area contributed by atoms with Crippen LogP contribution >= 0.6 is 42.5 Å². The molecule has 4 aromatic carbocycles. The molecule has 0 aliphatic carbocycles. The molecule has 0 saturated carbocycles. The summed E-state index contributed by atoms with van der Waals surface area (Å²) in [4.78, 5) is 0.339. The average Bonchev–Trinajstić information content (AvgIpc) is 2.86. The van der Waals surface area contributed by atoms with Crippen LogP contribution in [0.4, 0.5) is 24.5 Å². The van der Waals surface area contributed by atoms with Crippen molar-refractivity contribution in [3.8, 4) is 5.75 Å². The maximum absolute atomic E-state index is 12.1. The van der Waals surface area contributed by atoms with Gasteiger partial charge in [-0.3, -0.25) is 4.72 Å². The van der Waals surface area contributed by atoms with Gasteiger partial charge in [0.15, 0.2) is 0 Å². The summed E-state index contributed by atoms with van der Waals surface area (Å²) in [5, 5.41) is 0. The first-order chi connectivity index (χ1) is 18.9. The van der Waals surface area contributed by atoms with Crippen LogP contribution in [0.1, 0.15) is 5.56 Å². The van der Waals surface area contributed by atoms with Crippen molar-refractivity contribution in [1.29, 1.82) is 0 Å². The molecule has 0 radical (unpaired) electrons. The summed E-state index contributed by atoms with van der Waals surface area (Å²) >= 11 is 6.39. The van der Waals surface area contributed by atoms with E-state index in [-0.39, 0.29) is 15.5 Å². The number of sulfonamides is 1. The summed E-state index contributed by atoms with van der Waals surface area (Å²) in [7, 11) is -2.03. The lowest BCUT2D eigenvalue weighted by molar-refractivity contribution is -0.274. The van der Waals surface area contributed by atoms with Gasteiger partial charge in [0.05, 0.1) is 9.79 Å². The van der Waals surface area contributed by atoms with Gasteiger partial charge in [0.25, 0.3) is 19.1 Å². The highest BCUT2D eigenvalue weighted by Gasteiger charge is 2.30. The molecule has 41 heavy (non-hydrogen) atoms. The van der Waals surface area contributed by atoms with E-state index in [1.807, 2.05) is 19.1 Å². The summed E-state index contributed by atoms with van der Waals surface area (Å²) < 4.78 is 88.0. The molecule has 0 amide bonds. The molecular formula is C26H22Br2ClF3N2O5S2. The van der Waals surface area contributed by atoms with Gasteiger partial charge in [-0.05, 0) is 79.7 Å². The third kappa shape index (κ3) is 13.2. The average molecular weight is 759 g/mol. The minimum absolute atomic E-state index is 0.105. The van der Waals surface area contributed by atoms with E-state index < -0.39 is 25.4 Å². The molecule has 0 aliphatic heterocycles. The molecule has 4 rings (SSSR count). The Labute approximate surface area is 257 Å². The number of aryl methyl sites for hydroxylation is 1. The molecule has 0 bridgehead atoms. The van der Waals surface area contributed by atoms with Crippen molar-refractivity contribution in [2.45, 2.75) is 23.1 Å². The fraction of sp³-hybridized carbons (Fsp3) is 0.0769. The second-order valence-electron chi connectivity index (χ2n) is 7.94. The lowest BCUT2D eigenvalue weighted by Gasteiger charge is -2.08. The molecule has 0 spiro atoms. The van der Waals surface area contributed by atoms with E-state index >= 15 is 0 Å². The van der Waals surface area contributed by atoms with Gasteiger partial charge in [0, 0.05) is 31.0 Å². The number of nitrogen functional groups attached to an aromatic ring is 1. The van der Waals surface area contributed by atoms with Crippen LogP contribution in [0, 0.1) is 6.92 Å². The summed E-state index contributed by atoms with van der Waals surface area (Å²) in [5.74, 6) is -0.267. The Morgan fingerprint density at radius 2 is 1.27 bits per heavy atom. The predicted molar refractivity (Wildman–Crippen MR) is 161 cm³/mol. The van der Waals surface area contributed by atoms with Crippen molar-refractivity contribution < 1.29 is 34.7 Å². The van der Waals surface area contributed by atoms with Gasteiger partial charge in [-0.25, -0.2) is 16.8 Å². The Kier molecular flexibility index (Phi) is 12.5. The van der Waals surface area contributed by atoms with Gasteiger partial charge in [0.1, 0.15) is 5.75 Å². The monoisotopic (exact) mass is 756 g/mol. The maximum Gasteiger partial charge on any atom is 0.573 e. The lowest BCUT2D eigenvalue weighted by Crippen LogP contribution is -2.16. The third-order valence-corrected chi connectivity index (χ3v) is 8.32. The van der Waals surface area contributed by atoms with Crippen LogP contribution in [0.15, 0.2) is 116 Å². The molecule has 0 fully saturated rings. The Balaban J connectivity index is 0.000000225. The molecule has 0 heterocycles. The van der Waals surface area contributed by atoms with Gasteiger partial charge < -0.3 is 10.5 Å². The van der Waals surface area contributed by atoms with Crippen LogP contribution in [-0.4, -0.2) is 23.2 Å². The number of hydrogen-bond donors (Lipinski definition) is 2. The third-order valence-electron chi connectivity index (χ3n) is 4.60. The van der Waals surface area contributed by atoms with Crippen LogP contribution in [-0.2, 0) is 19.1 Å². The van der Waals surface area contributed by atoms with Gasteiger partial charge in [-0.15, -0.1) is 13.2 Å². The molecule has 220 valence electrons. The molecule has 15 heteroatoms. The molecular weight excluding hydrogens is 737 g/mol. The SMILES string of the molecule is Cc1ccc(NS(=O)(=O)c2cccc(Br)c2)cc1.Nc1ccc(OC(F)(F)F)cc1.O=S(=O)(Cl)c1cccc(Br)c1. The molecule has 0 unspecified atom stereocenters. The van der Waals surface area contributed by atoms with Crippen molar-refractivity contribution in [2.24, 2.45) is 0 Å². The number of hydrogen-bond acceptors (Lipinski definition) is 6. The van der Waals surface area contributed by atoms with Crippen molar-refractivity contribution in [1.82, 2.24) is 0 Å². The van der Waals surface area contributed by atoms with Crippen molar-refractivity contribution >= 4 is 73.0 Å². The van der Waals surface area contributed by atoms with Gasteiger partial charge in [-0.2, -0.15) is 0 Å². The molecule has 7 nitrogen and oxygen atoms in total. The van der Waals surface area contributed by atoms with E-state index in [4.69, 9.17) is 16.4 Å². The van der Waals surface area contributed by atoms with Crippen molar-refractivity contribution in [2.75, 3.05) is 10.5 Å². The molecule has 0 saturated heterocycles. The van der Waals surface area contributed by atoms with Crippen LogP contribution in [0.2, 0.25) is 0 Å². The minimum Gasteiger partial charge on any atom is -0.406 e. The van der Waals surface area contributed by atoms with Crippen LogP contribution in [0.3, 0.4) is 0 Å². The van der Waals surface area contributed by atoms with E-state index in [1.165, 1.54) is 24.3 Å². The highest BCUT2D eigenvalue weighted by atomic mass is 79.9. The fourth-order valence-corrected chi connectivity index (χ4v) is 5.76. The topological polar surface area (TPSA) is 116 Å². The number of nitrogens with two attached hydrogens (primary N) is 1. The quantitative estimate of drug-likeness (QED) is 0.157. The molecule has 3 N–H and O–H groups in total. The summed E-state index contributed by atoms with van der Waals surface area (Å²) in [6, 6.07) is 25.0. The van der Waals surface area contributed by atoms with Gasteiger partial charge >= 0.3 is 6.36 Å². The Morgan fingerprint density at radius 3 is 1.71 bits per heavy atom. The van der Waals surface area contributed by atoms with E-state index in [0.717, 1.165) is 22.2 Å². The number of nitrogens with one attached hydrogen (secondary N) is 1. The first kappa shape index (κ1) is 34.4. The minimum atomic E-state index is -4.64. The number of halogens is 6. The summed E-state index contributed by atoms with van der Waals surface area (Å²) in [5.41, 5.74) is 7.29. The smallest absolute Gasteiger partial charge is 0.406 e. The van der Waals surface area contributed by atoms with E-state index in [1.54, 1.807) is 48.5 Å². The molecule has 0 aromatic heterocycles. The largest absolute Gasteiger partial charge is 0.573 e. The standard InChI is InChI=1S/C13H12BrNO2S.C7H6F3NO.C6H4BrClO2S/c1-10-5-7-12(8-6-10)15-18(16,17)13-4-2-3-11(14)9-13;8-7(9,10)12-6-3-1-5(11)2-4-6;7-5-2-1-3-6(4-5)11(8,9)10/h2-9,15H,1H3;1-4H,11H2;1-4H. The first-order valence-corrected chi connectivity index (χ1v) is 16.5. The zero-order valence-corrected chi connectivity index (χ0v) is 26.5. The lowest BCUT2D eigenvalue weighted by atomic mass is 10.2. The highest BCUT2D eigenvalue weighted by molar-refractivity contribution is 9.10. The first-order valence-electron chi connectivity index (χ1n) is 11.1. The fourth-order valence-electron chi connectivity index (χ4n) is 2.76. The number of ether oxygens (including phenoxy) is 1. The van der Waals surface area contributed by atoms with Crippen molar-refractivity contribution in [3.05, 3.63) is 112 Å². The number of rotatable bonds is 5. The summed E-state index contributed by atoms with van der Waals surface area (Å²) in [6.07, 6.45) is -4.64. The van der Waals surface area contributed by atoms with E-state index in [2.05, 4.69) is 41.3 Å². The highest BCUT2D eigenvalue weighted by Crippen LogP contribution is 2.23. The molecule has 4 aromatic rings. The van der Waals surface area contributed by atoms with E-state index in [0.29, 0.717) is 15.8 Å². The Hall–Kier alpha value is -2.78.